The zero-order chi connectivity index (χ0) is 11.4. The molecule has 2 rings (SSSR count). The molecule has 0 saturated heterocycles. The number of carbonyl (C=O) groups excluding carboxylic acids is 1. The molecule has 0 spiro atoms. The molecule has 1 amide bonds. The molecule has 1 fully saturated rings. The van der Waals surface area contributed by atoms with Crippen LogP contribution in [-0.2, 0) is 11.3 Å². The van der Waals surface area contributed by atoms with Gasteiger partial charge in [-0.25, -0.2) is 0 Å². The molecule has 0 aromatic carbocycles. The predicted molar refractivity (Wildman–Crippen MR) is 75.9 cm³/mol. The number of carbonyl (C=O) groups is 1. The monoisotopic (exact) mass is 291 g/mol. The fourth-order valence-corrected chi connectivity index (χ4v) is 2.09. The molecule has 0 radical (unpaired) electrons. The third-order valence-corrected chi connectivity index (χ3v) is 3.06. The number of aromatic nitrogens is 1. The van der Waals surface area contributed by atoms with E-state index in [0.717, 1.165) is 24.8 Å². The van der Waals surface area contributed by atoms with Gasteiger partial charge in [-0.2, -0.15) is 0 Å². The second kappa shape index (κ2) is 8.29. The Morgan fingerprint density at radius 2 is 2.00 bits per heavy atom. The maximum Gasteiger partial charge on any atom is 0.223 e. The number of halogens is 2. The maximum absolute atomic E-state index is 11.8. The average molecular weight is 292 g/mol. The van der Waals surface area contributed by atoms with Gasteiger partial charge in [0.15, 0.2) is 0 Å². The first kappa shape index (κ1) is 17.2. The first-order chi connectivity index (χ1) is 7.75. The van der Waals surface area contributed by atoms with Crippen LogP contribution in [0.3, 0.4) is 0 Å². The third kappa shape index (κ3) is 4.80. The Morgan fingerprint density at radius 1 is 1.33 bits per heavy atom. The quantitative estimate of drug-likeness (QED) is 0.890. The minimum absolute atomic E-state index is 0. The Labute approximate surface area is 120 Å². The summed E-state index contributed by atoms with van der Waals surface area (Å²) < 4.78 is 0. The van der Waals surface area contributed by atoms with Gasteiger partial charge in [-0.15, -0.1) is 24.8 Å². The molecule has 102 valence electrons. The molecular weight excluding hydrogens is 273 g/mol. The van der Waals surface area contributed by atoms with Crippen LogP contribution >= 0.6 is 24.8 Å². The Kier molecular flexibility index (Phi) is 7.91. The summed E-state index contributed by atoms with van der Waals surface area (Å²) in [5.74, 6) is 0.238. The number of nitrogens with zero attached hydrogens (tertiary/aromatic N) is 1. The van der Waals surface area contributed by atoms with Gasteiger partial charge in [0.25, 0.3) is 0 Å². The van der Waals surface area contributed by atoms with Crippen molar-refractivity contribution in [2.45, 2.75) is 31.8 Å². The van der Waals surface area contributed by atoms with Gasteiger partial charge >= 0.3 is 0 Å². The Hall–Kier alpha value is -0.840. The number of rotatable bonds is 3. The van der Waals surface area contributed by atoms with Crippen LogP contribution in [0.1, 0.15) is 24.8 Å². The summed E-state index contributed by atoms with van der Waals surface area (Å²) in [6, 6.07) is 4.01. The second-order valence-electron chi connectivity index (χ2n) is 4.34. The second-order valence-corrected chi connectivity index (χ2v) is 4.34. The van der Waals surface area contributed by atoms with E-state index in [2.05, 4.69) is 10.3 Å². The van der Waals surface area contributed by atoms with Crippen LogP contribution in [0, 0.1) is 5.92 Å². The molecule has 1 aliphatic rings. The highest BCUT2D eigenvalue weighted by molar-refractivity contribution is 5.85. The van der Waals surface area contributed by atoms with E-state index in [-0.39, 0.29) is 42.7 Å². The van der Waals surface area contributed by atoms with E-state index in [0.29, 0.717) is 6.54 Å². The van der Waals surface area contributed by atoms with Crippen molar-refractivity contribution in [1.82, 2.24) is 10.3 Å². The Bertz CT molecular complexity index is 362. The van der Waals surface area contributed by atoms with Crippen molar-refractivity contribution >= 4 is 30.7 Å². The Balaban J connectivity index is 0.00000144. The van der Waals surface area contributed by atoms with Crippen LogP contribution in [0.15, 0.2) is 24.5 Å². The maximum atomic E-state index is 11.8. The number of hydrogen-bond acceptors (Lipinski definition) is 3. The molecule has 4 nitrogen and oxygen atoms in total. The number of pyridine rings is 1. The van der Waals surface area contributed by atoms with E-state index in [1.807, 2.05) is 12.1 Å². The van der Waals surface area contributed by atoms with Gasteiger partial charge in [-0.1, -0.05) is 0 Å². The van der Waals surface area contributed by atoms with Crippen LogP contribution in [-0.4, -0.2) is 16.9 Å². The van der Waals surface area contributed by atoms with Gasteiger partial charge in [0.2, 0.25) is 5.91 Å². The summed E-state index contributed by atoms with van der Waals surface area (Å²) in [5.41, 5.74) is 6.86. The van der Waals surface area contributed by atoms with E-state index in [1.165, 1.54) is 0 Å². The van der Waals surface area contributed by atoms with Gasteiger partial charge in [-0.3, -0.25) is 9.78 Å². The normalized spacial score (nSPS) is 21.6. The average Bonchev–Trinajstić information content (AvgIpc) is 2.74. The highest BCUT2D eigenvalue weighted by Gasteiger charge is 2.27. The molecule has 1 aliphatic carbocycles. The van der Waals surface area contributed by atoms with Crippen LogP contribution in [0.5, 0.6) is 0 Å². The van der Waals surface area contributed by atoms with Crippen LogP contribution in [0.25, 0.3) is 0 Å². The molecule has 1 aromatic rings. The molecular formula is C12H19Cl2N3O. The fraction of sp³-hybridized carbons (Fsp3) is 0.500. The lowest BCUT2D eigenvalue weighted by atomic mass is 10.1. The highest BCUT2D eigenvalue weighted by atomic mass is 35.5. The van der Waals surface area contributed by atoms with Crippen molar-refractivity contribution in [2.75, 3.05) is 0 Å². The van der Waals surface area contributed by atoms with E-state index < -0.39 is 0 Å². The van der Waals surface area contributed by atoms with Gasteiger partial charge in [0.05, 0.1) is 0 Å². The van der Waals surface area contributed by atoms with Gasteiger partial charge < -0.3 is 11.1 Å². The molecule has 6 heteroatoms. The van der Waals surface area contributed by atoms with Crippen molar-refractivity contribution in [3.8, 4) is 0 Å². The lowest BCUT2D eigenvalue weighted by Gasteiger charge is -2.10. The summed E-state index contributed by atoms with van der Waals surface area (Å²) in [6.07, 6.45) is 6.17. The smallest absolute Gasteiger partial charge is 0.223 e. The van der Waals surface area contributed by atoms with Crippen LogP contribution < -0.4 is 11.1 Å². The van der Waals surface area contributed by atoms with E-state index in [9.17, 15) is 4.79 Å². The molecule has 3 N–H and O–H groups in total. The summed E-state index contributed by atoms with van der Waals surface area (Å²) in [7, 11) is 0. The first-order valence-corrected chi connectivity index (χ1v) is 5.68. The zero-order valence-electron chi connectivity index (χ0n) is 10.0. The van der Waals surface area contributed by atoms with Crippen molar-refractivity contribution < 1.29 is 4.79 Å². The SMILES string of the molecule is Cl.Cl.NC1CCC(C(=O)NCc2ccncc2)C1. The predicted octanol–water partition coefficient (Wildman–Crippen LogP) is 1.67. The van der Waals surface area contributed by atoms with Crippen molar-refractivity contribution in [1.29, 1.82) is 0 Å². The largest absolute Gasteiger partial charge is 0.352 e. The van der Waals surface area contributed by atoms with E-state index >= 15 is 0 Å². The minimum Gasteiger partial charge on any atom is -0.352 e. The Morgan fingerprint density at radius 3 is 2.56 bits per heavy atom. The number of nitrogens with two attached hydrogens (primary N) is 1. The number of nitrogens with one attached hydrogen (secondary N) is 1. The first-order valence-electron chi connectivity index (χ1n) is 5.68. The van der Waals surface area contributed by atoms with Crippen LogP contribution in [0.4, 0.5) is 0 Å². The number of hydrogen-bond donors (Lipinski definition) is 2. The van der Waals surface area contributed by atoms with E-state index in [4.69, 9.17) is 5.73 Å². The van der Waals surface area contributed by atoms with Crippen molar-refractivity contribution in [2.24, 2.45) is 11.7 Å². The summed E-state index contributed by atoms with van der Waals surface area (Å²) in [4.78, 5) is 15.7. The number of amides is 1. The van der Waals surface area contributed by atoms with Crippen LogP contribution in [0.2, 0.25) is 0 Å². The molecule has 18 heavy (non-hydrogen) atoms. The zero-order valence-corrected chi connectivity index (χ0v) is 11.7. The third-order valence-electron chi connectivity index (χ3n) is 3.06. The summed E-state index contributed by atoms with van der Waals surface area (Å²) in [5, 5.41) is 2.94. The lowest BCUT2D eigenvalue weighted by Crippen LogP contribution is -2.29. The van der Waals surface area contributed by atoms with E-state index in [1.54, 1.807) is 12.4 Å². The standard InChI is InChI=1S/C12H17N3O.2ClH/c13-11-2-1-10(7-11)12(16)15-8-9-3-5-14-6-4-9;;/h3-6,10-11H,1-2,7-8,13H2,(H,15,16);2*1H. The molecule has 1 saturated carbocycles. The van der Waals surface area contributed by atoms with Gasteiger partial charge in [0, 0.05) is 30.9 Å². The molecule has 0 aliphatic heterocycles. The minimum atomic E-state index is 0. The molecule has 1 heterocycles. The molecule has 2 atom stereocenters. The lowest BCUT2D eigenvalue weighted by molar-refractivity contribution is -0.125. The van der Waals surface area contributed by atoms with Gasteiger partial charge in [-0.05, 0) is 37.0 Å². The van der Waals surface area contributed by atoms with Gasteiger partial charge in [0.1, 0.15) is 0 Å². The summed E-state index contributed by atoms with van der Waals surface area (Å²) >= 11 is 0. The van der Waals surface area contributed by atoms with Crippen molar-refractivity contribution in [3.63, 3.8) is 0 Å². The molecule has 0 bridgehead atoms. The highest BCUT2D eigenvalue weighted by Crippen LogP contribution is 2.24. The summed E-state index contributed by atoms with van der Waals surface area (Å²) in [6.45, 7) is 0.576. The molecule has 2 unspecified atom stereocenters. The topological polar surface area (TPSA) is 68.0 Å². The van der Waals surface area contributed by atoms with Crippen molar-refractivity contribution in [3.05, 3.63) is 30.1 Å². The molecule has 1 aromatic heterocycles. The fourth-order valence-electron chi connectivity index (χ4n) is 2.09.